The molecule has 1 aromatic rings. The van der Waals surface area contributed by atoms with Crippen LogP contribution in [0.25, 0.3) is 0 Å². The van der Waals surface area contributed by atoms with E-state index in [9.17, 15) is 4.79 Å². The Morgan fingerprint density at radius 2 is 2.29 bits per heavy atom. The summed E-state index contributed by atoms with van der Waals surface area (Å²) < 4.78 is 7.50. The predicted molar refractivity (Wildman–Crippen MR) is 68.8 cm³/mol. The number of carbonyl (C=O) groups is 1. The number of ketones is 1. The standard InChI is InChI=1S/C11H18BrN3O2/c1-4-8-11(12)9(15(2)14-8)5-10(16)7(13)6-17-3/h7H,4-6,13H2,1-3H3. The van der Waals surface area contributed by atoms with Crippen LogP contribution < -0.4 is 5.73 Å². The summed E-state index contributed by atoms with van der Waals surface area (Å²) in [4.78, 5) is 11.8. The molecule has 0 fully saturated rings. The highest BCUT2D eigenvalue weighted by molar-refractivity contribution is 9.10. The van der Waals surface area contributed by atoms with Crippen molar-refractivity contribution in [2.45, 2.75) is 25.8 Å². The third kappa shape index (κ3) is 3.37. The quantitative estimate of drug-likeness (QED) is 0.845. The van der Waals surface area contributed by atoms with Crippen LogP contribution in [-0.4, -0.2) is 35.3 Å². The van der Waals surface area contributed by atoms with E-state index >= 15 is 0 Å². The molecule has 2 N–H and O–H groups in total. The zero-order chi connectivity index (χ0) is 13.0. The number of rotatable bonds is 6. The van der Waals surface area contributed by atoms with Gasteiger partial charge in [0.15, 0.2) is 5.78 Å². The molecule has 0 aliphatic carbocycles. The van der Waals surface area contributed by atoms with E-state index in [4.69, 9.17) is 10.5 Å². The van der Waals surface area contributed by atoms with Crippen molar-refractivity contribution in [3.8, 4) is 0 Å². The van der Waals surface area contributed by atoms with Gasteiger partial charge in [0.05, 0.1) is 34.9 Å². The topological polar surface area (TPSA) is 70.1 Å². The molecular weight excluding hydrogens is 286 g/mol. The molecule has 0 radical (unpaired) electrons. The Morgan fingerprint density at radius 1 is 1.65 bits per heavy atom. The van der Waals surface area contributed by atoms with Crippen molar-refractivity contribution in [2.24, 2.45) is 12.8 Å². The molecule has 5 nitrogen and oxygen atoms in total. The van der Waals surface area contributed by atoms with Crippen LogP contribution in [0.4, 0.5) is 0 Å². The third-order valence-corrected chi connectivity index (χ3v) is 3.52. The smallest absolute Gasteiger partial charge is 0.157 e. The van der Waals surface area contributed by atoms with Gasteiger partial charge in [-0.2, -0.15) is 5.10 Å². The number of hydrogen-bond acceptors (Lipinski definition) is 4. The van der Waals surface area contributed by atoms with Gasteiger partial charge in [0.25, 0.3) is 0 Å². The minimum absolute atomic E-state index is 0.0433. The van der Waals surface area contributed by atoms with Crippen molar-refractivity contribution in [2.75, 3.05) is 13.7 Å². The predicted octanol–water partition coefficient (Wildman–Crippen LogP) is 0.830. The van der Waals surface area contributed by atoms with Crippen LogP contribution in [0.3, 0.4) is 0 Å². The van der Waals surface area contributed by atoms with Crippen molar-refractivity contribution in [3.63, 3.8) is 0 Å². The molecule has 17 heavy (non-hydrogen) atoms. The zero-order valence-corrected chi connectivity index (χ0v) is 12.0. The molecule has 0 aliphatic heterocycles. The van der Waals surface area contributed by atoms with Crippen LogP contribution in [0.1, 0.15) is 18.3 Å². The number of halogens is 1. The maximum absolute atomic E-state index is 11.8. The molecule has 1 atom stereocenters. The first-order valence-corrected chi connectivity index (χ1v) is 6.28. The SMILES string of the molecule is CCc1nn(C)c(CC(=O)C(N)COC)c1Br. The molecule has 96 valence electrons. The number of Topliss-reactive ketones (excluding diaryl/α,β-unsaturated/α-hetero) is 1. The van der Waals surface area contributed by atoms with Crippen molar-refractivity contribution in [1.29, 1.82) is 0 Å². The average Bonchev–Trinajstić information content (AvgIpc) is 2.56. The highest BCUT2D eigenvalue weighted by atomic mass is 79.9. The molecule has 1 heterocycles. The van der Waals surface area contributed by atoms with Gasteiger partial charge in [-0.15, -0.1) is 0 Å². The van der Waals surface area contributed by atoms with Crippen molar-refractivity contribution < 1.29 is 9.53 Å². The van der Waals surface area contributed by atoms with Gasteiger partial charge in [0.1, 0.15) is 0 Å². The monoisotopic (exact) mass is 303 g/mol. The fourth-order valence-electron chi connectivity index (χ4n) is 1.58. The summed E-state index contributed by atoms with van der Waals surface area (Å²) in [6, 6.07) is -0.577. The number of carbonyl (C=O) groups excluding carboxylic acids is 1. The first kappa shape index (κ1) is 14.3. The van der Waals surface area contributed by atoms with Gasteiger partial charge >= 0.3 is 0 Å². The number of aromatic nitrogens is 2. The summed E-state index contributed by atoms with van der Waals surface area (Å²) in [6.07, 6.45) is 1.10. The Bertz CT molecular complexity index is 404. The van der Waals surface area contributed by atoms with Gasteiger partial charge < -0.3 is 10.5 Å². The van der Waals surface area contributed by atoms with Gasteiger partial charge in [-0.25, -0.2) is 0 Å². The minimum atomic E-state index is -0.577. The number of nitrogens with zero attached hydrogens (tertiary/aromatic N) is 2. The van der Waals surface area contributed by atoms with Gasteiger partial charge in [0, 0.05) is 14.2 Å². The molecule has 0 aromatic carbocycles. The van der Waals surface area contributed by atoms with Crippen LogP contribution in [0.2, 0.25) is 0 Å². The summed E-state index contributed by atoms with van der Waals surface area (Å²) in [5.41, 5.74) is 7.51. The first-order valence-electron chi connectivity index (χ1n) is 5.48. The molecule has 0 saturated carbocycles. The molecule has 1 aromatic heterocycles. The second kappa shape index (κ2) is 6.28. The van der Waals surface area contributed by atoms with E-state index in [-0.39, 0.29) is 18.8 Å². The minimum Gasteiger partial charge on any atom is -0.383 e. The Labute approximate surface area is 109 Å². The van der Waals surface area contributed by atoms with E-state index in [0.717, 1.165) is 22.3 Å². The number of hydrogen-bond donors (Lipinski definition) is 1. The Hall–Kier alpha value is -0.720. The summed E-state index contributed by atoms with van der Waals surface area (Å²) in [6.45, 7) is 2.27. The van der Waals surface area contributed by atoms with Crippen LogP contribution >= 0.6 is 15.9 Å². The average molecular weight is 304 g/mol. The van der Waals surface area contributed by atoms with E-state index in [1.807, 2.05) is 14.0 Å². The molecule has 0 aliphatic rings. The lowest BCUT2D eigenvalue weighted by Gasteiger charge is -2.09. The van der Waals surface area contributed by atoms with Crippen molar-refractivity contribution in [3.05, 3.63) is 15.9 Å². The summed E-state index contributed by atoms with van der Waals surface area (Å²) in [5, 5.41) is 4.33. The molecule has 0 saturated heterocycles. The lowest BCUT2D eigenvalue weighted by Crippen LogP contribution is -2.36. The van der Waals surface area contributed by atoms with Gasteiger partial charge in [-0.3, -0.25) is 9.48 Å². The van der Waals surface area contributed by atoms with Crippen LogP contribution in [0.5, 0.6) is 0 Å². The fourth-order valence-corrected chi connectivity index (χ4v) is 2.34. The number of aryl methyl sites for hydroxylation is 2. The molecule has 1 unspecified atom stereocenters. The highest BCUT2D eigenvalue weighted by Crippen LogP contribution is 2.22. The number of methoxy groups -OCH3 is 1. The molecular formula is C11H18BrN3O2. The van der Waals surface area contributed by atoms with Crippen LogP contribution in [0, 0.1) is 0 Å². The Morgan fingerprint density at radius 3 is 2.76 bits per heavy atom. The van der Waals surface area contributed by atoms with Gasteiger partial charge in [-0.1, -0.05) is 6.92 Å². The molecule has 0 amide bonds. The van der Waals surface area contributed by atoms with Gasteiger partial charge in [0.2, 0.25) is 0 Å². The molecule has 6 heteroatoms. The van der Waals surface area contributed by atoms with E-state index in [0.29, 0.717) is 0 Å². The molecule has 0 bridgehead atoms. The lowest BCUT2D eigenvalue weighted by atomic mass is 10.1. The third-order valence-electron chi connectivity index (χ3n) is 2.60. The fraction of sp³-hybridized carbons (Fsp3) is 0.636. The largest absolute Gasteiger partial charge is 0.383 e. The first-order chi connectivity index (χ1) is 8.01. The van der Waals surface area contributed by atoms with E-state index < -0.39 is 6.04 Å². The van der Waals surface area contributed by atoms with Crippen molar-refractivity contribution in [1.82, 2.24) is 9.78 Å². The van der Waals surface area contributed by atoms with Gasteiger partial charge in [-0.05, 0) is 22.4 Å². The maximum atomic E-state index is 11.8. The second-order valence-corrected chi connectivity index (χ2v) is 4.68. The number of ether oxygens (including phenoxy) is 1. The lowest BCUT2D eigenvalue weighted by molar-refractivity contribution is -0.120. The normalized spacial score (nSPS) is 12.8. The van der Waals surface area contributed by atoms with Crippen LogP contribution in [0.15, 0.2) is 4.47 Å². The second-order valence-electron chi connectivity index (χ2n) is 3.89. The molecule has 0 spiro atoms. The maximum Gasteiger partial charge on any atom is 0.157 e. The molecule has 1 rings (SSSR count). The zero-order valence-electron chi connectivity index (χ0n) is 10.4. The van der Waals surface area contributed by atoms with E-state index in [2.05, 4.69) is 21.0 Å². The van der Waals surface area contributed by atoms with E-state index in [1.54, 1.807) is 4.68 Å². The van der Waals surface area contributed by atoms with Crippen molar-refractivity contribution >= 4 is 21.7 Å². The summed E-state index contributed by atoms with van der Waals surface area (Å²) >= 11 is 3.47. The summed E-state index contributed by atoms with van der Waals surface area (Å²) in [5.74, 6) is -0.0433. The van der Waals surface area contributed by atoms with Crippen LogP contribution in [-0.2, 0) is 29.4 Å². The summed E-state index contributed by atoms with van der Waals surface area (Å²) in [7, 11) is 3.36. The highest BCUT2D eigenvalue weighted by Gasteiger charge is 2.19. The Kier molecular flexibility index (Phi) is 5.30. The Balaban J connectivity index is 2.81. The number of nitrogens with two attached hydrogens (primary N) is 1. The van der Waals surface area contributed by atoms with E-state index in [1.165, 1.54) is 7.11 Å².